The number of pyridine rings is 1. The Hall–Kier alpha value is -3.21. The predicted octanol–water partition coefficient (Wildman–Crippen LogP) is 3.36. The van der Waals surface area contributed by atoms with E-state index in [1.807, 2.05) is 54.6 Å². The topological polar surface area (TPSA) is 70.7 Å². The third kappa shape index (κ3) is 2.09. The van der Waals surface area contributed by atoms with Gasteiger partial charge in [-0.2, -0.15) is 5.10 Å². The fraction of sp³-hybridized carbons (Fsp3) is 0. The lowest BCUT2D eigenvalue weighted by atomic mass is 10.2. The third-order valence-corrected chi connectivity index (χ3v) is 3.55. The van der Waals surface area contributed by atoms with Gasteiger partial charge in [0, 0.05) is 22.7 Å². The molecule has 0 saturated heterocycles. The molecule has 0 atom stereocenters. The second kappa shape index (κ2) is 4.96. The SMILES string of the molecule is O=C(Nc1ccc2cccnc2c1)c1n[nH]c2ccccc12. The van der Waals surface area contributed by atoms with E-state index in [0.29, 0.717) is 11.4 Å². The number of H-pyrrole nitrogens is 1. The number of nitrogens with one attached hydrogen (secondary N) is 2. The summed E-state index contributed by atoms with van der Waals surface area (Å²) >= 11 is 0. The maximum Gasteiger partial charge on any atom is 0.276 e. The first-order valence-corrected chi connectivity index (χ1v) is 6.90. The van der Waals surface area contributed by atoms with Crippen LogP contribution in [0.15, 0.2) is 60.8 Å². The van der Waals surface area contributed by atoms with Gasteiger partial charge in [0.1, 0.15) is 0 Å². The Kier molecular flexibility index (Phi) is 2.83. The molecule has 1 amide bonds. The molecule has 0 fully saturated rings. The van der Waals surface area contributed by atoms with Crippen molar-refractivity contribution in [1.29, 1.82) is 0 Å². The first-order chi connectivity index (χ1) is 10.8. The van der Waals surface area contributed by atoms with Gasteiger partial charge in [-0.05, 0) is 24.3 Å². The van der Waals surface area contributed by atoms with Crippen molar-refractivity contribution in [1.82, 2.24) is 15.2 Å². The van der Waals surface area contributed by atoms with E-state index >= 15 is 0 Å². The zero-order chi connectivity index (χ0) is 14.9. The molecule has 0 unspecified atom stereocenters. The highest BCUT2D eigenvalue weighted by Gasteiger charge is 2.14. The molecule has 2 heterocycles. The summed E-state index contributed by atoms with van der Waals surface area (Å²) < 4.78 is 0. The minimum Gasteiger partial charge on any atom is -0.320 e. The van der Waals surface area contributed by atoms with Crippen LogP contribution in [0, 0.1) is 0 Å². The number of rotatable bonds is 2. The van der Waals surface area contributed by atoms with Gasteiger partial charge in [-0.25, -0.2) is 0 Å². The summed E-state index contributed by atoms with van der Waals surface area (Å²) in [5.41, 5.74) is 2.76. The highest BCUT2D eigenvalue weighted by atomic mass is 16.1. The van der Waals surface area contributed by atoms with Crippen molar-refractivity contribution >= 4 is 33.4 Å². The second-order valence-electron chi connectivity index (χ2n) is 4.98. The lowest BCUT2D eigenvalue weighted by molar-refractivity contribution is 0.102. The van der Waals surface area contributed by atoms with Crippen LogP contribution in [0.1, 0.15) is 10.5 Å². The van der Waals surface area contributed by atoms with Crippen LogP contribution in [-0.4, -0.2) is 21.1 Å². The fourth-order valence-corrected chi connectivity index (χ4v) is 2.47. The Balaban J connectivity index is 1.68. The molecule has 22 heavy (non-hydrogen) atoms. The molecule has 0 bridgehead atoms. The van der Waals surface area contributed by atoms with E-state index in [4.69, 9.17) is 0 Å². The van der Waals surface area contributed by atoms with Gasteiger partial charge in [-0.1, -0.05) is 30.3 Å². The van der Waals surface area contributed by atoms with Crippen LogP contribution in [0.4, 0.5) is 5.69 Å². The number of benzene rings is 2. The molecule has 4 aromatic rings. The summed E-state index contributed by atoms with van der Waals surface area (Å²) in [6.45, 7) is 0. The monoisotopic (exact) mass is 288 g/mol. The number of fused-ring (bicyclic) bond motifs is 2. The molecule has 0 aliphatic rings. The summed E-state index contributed by atoms with van der Waals surface area (Å²) in [6.07, 6.45) is 1.73. The van der Waals surface area contributed by atoms with Crippen molar-refractivity contribution in [3.63, 3.8) is 0 Å². The van der Waals surface area contributed by atoms with E-state index in [-0.39, 0.29) is 5.91 Å². The lowest BCUT2D eigenvalue weighted by Crippen LogP contribution is -2.12. The summed E-state index contributed by atoms with van der Waals surface area (Å²) in [6, 6.07) is 17.0. The predicted molar refractivity (Wildman–Crippen MR) is 85.8 cm³/mol. The van der Waals surface area contributed by atoms with Gasteiger partial charge in [-0.15, -0.1) is 0 Å². The number of hydrogen-bond donors (Lipinski definition) is 2. The van der Waals surface area contributed by atoms with Crippen LogP contribution in [-0.2, 0) is 0 Å². The molecule has 4 rings (SSSR count). The zero-order valence-electron chi connectivity index (χ0n) is 11.6. The van der Waals surface area contributed by atoms with Crippen LogP contribution in [0.25, 0.3) is 21.8 Å². The molecular formula is C17H12N4O. The van der Waals surface area contributed by atoms with Crippen molar-refractivity contribution < 1.29 is 4.79 Å². The Morgan fingerprint density at radius 1 is 1.05 bits per heavy atom. The number of para-hydroxylation sites is 1. The number of carbonyl (C=O) groups excluding carboxylic acids is 1. The average Bonchev–Trinajstić information content (AvgIpc) is 2.99. The minimum atomic E-state index is -0.243. The summed E-state index contributed by atoms with van der Waals surface area (Å²) in [5.74, 6) is -0.243. The average molecular weight is 288 g/mol. The number of anilines is 1. The molecule has 5 nitrogen and oxygen atoms in total. The van der Waals surface area contributed by atoms with Crippen molar-refractivity contribution in [2.45, 2.75) is 0 Å². The van der Waals surface area contributed by atoms with Crippen molar-refractivity contribution in [3.8, 4) is 0 Å². The third-order valence-electron chi connectivity index (χ3n) is 3.55. The molecule has 0 aliphatic heterocycles. The zero-order valence-corrected chi connectivity index (χ0v) is 11.6. The summed E-state index contributed by atoms with van der Waals surface area (Å²) in [4.78, 5) is 16.7. The van der Waals surface area contributed by atoms with Crippen LogP contribution in [0.3, 0.4) is 0 Å². The van der Waals surface area contributed by atoms with Gasteiger partial charge >= 0.3 is 0 Å². The maximum absolute atomic E-state index is 12.4. The highest BCUT2D eigenvalue weighted by Crippen LogP contribution is 2.19. The number of aromatic amines is 1. The van der Waals surface area contributed by atoms with E-state index < -0.39 is 0 Å². The minimum absolute atomic E-state index is 0.243. The van der Waals surface area contributed by atoms with E-state index in [1.165, 1.54) is 0 Å². The molecule has 2 aromatic carbocycles. The standard InChI is InChI=1S/C17H12N4O/c22-17(16-13-5-1-2-6-14(13)20-21-16)19-12-8-7-11-4-3-9-18-15(11)10-12/h1-10H,(H,19,22)(H,20,21). The van der Waals surface area contributed by atoms with Crippen LogP contribution in [0.2, 0.25) is 0 Å². The van der Waals surface area contributed by atoms with E-state index in [1.54, 1.807) is 6.20 Å². The molecule has 106 valence electrons. The van der Waals surface area contributed by atoms with Gasteiger partial charge in [0.25, 0.3) is 5.91 Å². The summed E-state index contributed by atoms with van der Waals surface area (Å²) in [5, 5.41) is 11.7. The fourth-order valence-electron chi connectivity index (χ4n) is 2.47. The van der Waals surface area contributed by atoms with Gasteiger partial charge < -0.3 is 5.32 Å². The van der Waals surface area contributed by atoms with E-state index in [9.17, 15) is 4.79 Å². The van der Waals surface area contributed by atoms with Gasteiger partial charge in [-0.3, -0.25) is 14.9 Å². The Labute approximate surface area is 126 Å². The second-order valence-corrected chi connectivity index (χ2v) is 4.98. The number of aromatic nitrogens is 3. The van der Waals surface area contributed by atoms with Crippen LogP contribution in [0.5, 0.6) is 0 Å². The maximum atomic E-state index is 12.4. The molecule has 0 spiro atoms. The van der Waals surface area contributed by atoms with Crippen LogP contribution < -0.4 is 5.32 Å². The van der Waals surface area contributed by atoms with Crippen molar-refractivity contribution in [2.75, 3.05) is 5.32 Å². The molecule has 0 saturated carbocycles. The molecule has 2 aromatic heterocycles. The Morgan fingerprint density at radius 2 is 1.95 bits per heavy atom. The first-order valence-electron chi connectivity index (χ1n) is 6.90. The highest BCUT2D eigenvalue weighted by molar-refractivity contribution is 6.11. The number of nitrogens with zero attached hydrogens (tertiary/aromatic N) is 2. The normalized spacial score (nSPS) is 10.9. The number of amides is 1. The largest absolute Gasteiger partial charge is 0.320 e. The Morgan fingerprint density at radius 3 is 2.91 bits per heavy atom. The van der Waals surface area contributed by atoms with E-state index in [0.717, 1.165) is 21.8 Å². The first kappa shape index (κ1) is 12.5. The quantitative estimate of drug-likeness (QED) is 0.594. The van der Waals surface area contributed by atoms with Gasteiger partial charge in [0.15, 0.2) is 5.69 Å². The van der Waals surface area contributed by atoms with Crippen molar-refractivity contribution in [3.05, 3.63) is 66.5 Å². The number of carbonyl (C=O) groups is 1. The number of hydrogen-bond acceptors (Lipinski definition) is 3. The lowest BCUT2D eigenvalue weighted by Gasteiger charge is -2.05. The molecule has 0 radical (unpaired) electrons. The van der Waals surface area contributed by atoms with E-state index in [2.05, 4.69) is 20.5 Å². The molecule has 2 N–H and O–H groups in total. The summed E-state index contributed by atoms with van der Waals surface area (Å²) in [7, 11) is 0. The van der Waals surface area contributed by atoms with Crippen LogP contribution >= 0.6 is 0 Å². The van der Waals surface area contributed by atoms with Gasteiger partial charge in [0.2, 0.25) is 0 Å². The molecule has 5 heteroatoms. The van der Waals surface area contributed by atoms with Gasteiger partial charge in [0.05, 0.1) is 11.0 Å². The van der Waals surface area contributed by atoms with Crippen molar-refractivity contribution in [2.24, 2.45) is 0 Å². The smallest absolute Gasteiger partial charge is 0.276 e. The molecular weight excluding hydrogens is 276 g/mol. The Bertz CT molecular complexity index is 990. The molecule has 0 aliphatic carbocycles.